The van der Waals surface area contributed by atoms with E-state index in [0.29, 0.717) is 11.4 Å². The first kappa shape index (κ1) is 12.5. The summed E-state index contributed by atoms with van der Waals surface area (Å²) in [5, 5.41) is 11.7. The molecule has 16 heavy (non-hydrogen) atoms. The number of nitriles is 1. The molecule has 1 atom stereocenters. The molecule has 0 aliphatic rings. The molecule has 0 bridgehead atoms. The Kier molecular flexibility index (Phi) is 3.91. The average Bonchev–Trinajstić information content (AvgIpc) is 2.25. The van der Waals surface area contributed by atoms with Gasteiger partial charge in [0.25, 0.3) is 0 Å². The summed E-state index contributed by atoms with van der Waals surface area (Å²) in [6, 6.07) is 8.60. The van der Waals surface area contributed by atoms with Crippen molar-refractivity contribution >= 4 is 15.5 Å². The summed E-state index contributed by atoms with van der Waals surface area (Å²) in [7, 11) is -3.14. The summed E-state index contributed by atoms with van der Waals surface area (Å²) in [4.78, 5) is 0.298. The Morgan fingerprint density at radius 2 is 1.94 bits per heavy atom. The maximum absolute atomic E-state index is 11.2. The minimum absolute atomic E-state index is 0.0745. The summed E-state index contributed by atoms with van der Waals surface area (Å²) in [5.74, 6) is -0.0745. The molecule has 0 fully saturated rings. The normalized spacial score (nSPS) is 12.8. The van der Waals surface area contributed by atoms with Crippen molar-refractivity contribution in [1.29, 1.82) is 5.26 Å². The number of hydrogen-bond donors (Lipinski definition) is 1. The van der Waals surface area contributed by atoms with E-state index in [1.807, 2.05) is 6.92 Å². The van der Waals surface area contributed by atoms with Gasteiger partial charge in [-0.2, -0.15) is 5.26 Å². The van der Waals surface area contributed by atoms with Crippen LogP contribution in [0, 0.1) is 17.2 Å². The molecular formula is C11H14N2O2S. The summed E-state index contributed by atoms with van der Waals surface area (Å²) in [6.07, 6.45) is 1.17. The van der Waals surface area contributed by atoms with Crippen molar-refractivity contribution in [2.45, 2.75) is 11.8 Å². The van der Waals surface area contributed by atoms with Crippen molar-refractivity contribution < 1.29 is 8.42 Å². The molecule has 0 aromatic heterocycles. The Bertz CT molecular complexity index is 486. The van der Waals surface area contributed by atoms with Gasteiger partial charge in [0.2, 0.25) is 0 Å². The second kappa shape index (κ2) is 4.99. The number of rotatable bonds is 4. The van der Waals surface area contributed by atoms with Crippen LogP contribution in [0.2, 0.25) is 0 Å². The van der Waals surface area contributed by atoms with Crippen molar-refractivity contribution in [3.8, 4) is 6.07 Å². The fraction of sp³-hybridized carbons (Fsp3) is 0.364. The van der Waals surface area contributed by atoms with Crippen LogP contribution in [0.4, 0.5) is 5.69 Å². The zero-order valence-electron chi connectivity index (χ0n) is 9.27. The second-order valence-electron chi connectivity index (χ2n) is 3.71. The molecule has 1 aromatic carbocycles. The first-order valence-corrected chi connectivity index (χ1v) is 6.76. The quantitative estimate of drug-likeness (QED) is 0.866. The number of nitrogens with zero attached hydrogens (tertiary/aromatic N) is 1. The highest BCUT2D eigenvalue weighted by Crippen LogP contribution is 2.14. The standard InChI is InChI=1S/C11H14N2O2S/c1-9(7-12)8-13-10-3-5-11(6-4-10)16(2,14)15/h3-6,9,13H,8H2,1-2H3. The van der Waals surface area contributed by atoms with E-state index in [1.165, 1.54) is 6.26 Å². The Labute approximate surface area is 95.8 Å². The topological polar surface area (TPSA) is 70.0 Å². The van der Waals surface area contributed by atoms with Gasteiger partial charge < -0.3 is 5.32 Å². The van der Waals surface area contributed by atoms with Gasteiger partial charge >= 0.3 is 0 Å². The molecule has 0 aliphatic heterocycles. The monoisotopic (exact) mass is 238 g/mol. The Morgan fingerprint density at radius 3 is 2.38 bits per heavy atom. The van der Waals surface area contributed by atoms with E-state index >= 15 is 0 Å². The molecule has 0 spiro atoms. The molecule has 1 N–H and O–H groups in total. The number of nitrogens with one attached hydrogen (secondary N) is 1. The van der Waals surface area contributed by atoms with Crippen LogP contribution in [-0.4, -0.2) is 21.2 Å². The third kappa shape index (κ3) is 3.55. The summed E-state index contributed by atoms with van der Waals surface area (Å²) in [5.41, 5.74) is 0.814. The van der Waals surface area contributed by atoms with E-state index in [4.69, 9.17) is 5.26 Å². The van der Waals surface area contributed by atoms with Crippen molar-refractivity contribution in [3.63, 3.8) is 0 Å². The fourth-order valence-electron chi connectivity index (χ4n) is 1.14. The maximum Gasteiger partial charge on any atom is 0.175 e. The van der Waals surface area contributed by atoms with Gasteiger partial charge in [-0.1, -0.05) is 0 Å². The molecule has 4 nitrogen and oxygen atoms in total. The molecule has 0 saturated carbocycles. The molecule has 1 rings (SSSR count). The lowest BCUT2D eigenvalue weighted by molar-refractivity contribution is 0.602. The van der Waals surface area contributed by atoms with Gasteiger partial charge in [-0.25, -0.2) is 8.42 Å². The van der Waals surface area contributed by atoms with Crippen molar-refractivity contribution in [2.24, 2.45) is 5.92 Å². The van der Waals surface area contributed by atoms with Crippen LogP contribution in [0.3, 0.4) is 0 Å². The Balaban J connectivity index is 2.70. The summed E-state index contributed by atoms with van der Waals surface area (Å²) < 4.78 is 22.4. The molecule has 5 heteroatoms. The van der Waals surface area contributed by atoms with Gasteiger partial charge in [0.05, 0.1) is 16.9 Å². The van der Waals surface area contributed by atoms with Crippen LogP contribution in [0.25, 0.3) is 0 Å². The van der Waals surface area contributed by atoms with Gasteiger partial charge in [-0.05, 0) is 31.2 Å². The summed E-state index contributed by atoms with van der Waals surface area (Å²) in [6.45, 7) is 2.37. The van der Waals surface area contributed by atoms with Gasteiger partial charge in [0.1, 0.15) is 0 Å². The van der Waals surface area contributed by atoms with E-state index in [-0.39, 0.29) is 5.92 Å². The highest BCUT2D eigenvalue weighted by atomic mass is 32.2. The number of sulfone groups is 1. The third-order valence-electron chi connectivity index (χ3n) is 2.12. The highest BCUT2D eigenvalue weighted by Gasteiger charge is 2.06. The minimum Gasteiger partial charge on any atom is -0.384 e. The SMILES string of the molecule is CC(C#N)CNc1ccc(S(C)(=O)=O)cc1. The van der Waals surface area contributed by atoms with Crippen LogP contribution in [0.1, 0.15) is 6.92 Å². The van der Waals surface area contributed by atoms with Gasteiger partial charge in [-0.3, -0.25) is 0 Å². The zero-order chi connectivity index (χ0) is 12.2. The lowest BCUT2D eigenvalue weighted by Gasteiger charge is -2.07. The zero-order valence-corrected chi connectivity index (χ0v) is 10.1. The van der Waals surface area contributed by atoms with Crippen molar-refractivity contribution in [2.75, 3.05) is 18.1 Å². The number of hydrogen-bond acceptors (Lipinski definition) is 4. The average molecular weight is 238 g/mol. The van der Waals surface area contributed by atoms with E-state index in [0.717, 1.165) is 5.69 Å². The second-order valence-corrected chi connectivity index (χ2v) is 5.72. The van der Waals surface area contributed by atoms with Crippen LogP contribution in [0.5, 0.6) is 0 Å². The lowest BCUT2D eigenvalue weighted by atomic mass is 10.2. The molecule has 0 saturated heterocycles. The molecule has 0 heterocycles. The Morgan fingerprint density at radius 1 is 1.38 bits per heavy atom. The van der Waals surface area contributed by atoms with Crippen molar-refractivity contribution in [1.82, 2.24) is 0 Å². The van der Waals surface area contributed by atoms with E-state index in [9.17, 15) is 8.42 Å². The van der Waals surface area contributed by atoms with Crippen LogP contribution in [0.15, 0.2) is 29.2 Å². The van der Waals surface area contributed by atoms with Gasteiger partial charge in [0.15, 0.2) is 9.84 Å². The summed E-state index contributed by atoms with van der Waals surface area (Å²) >= 11 is 0. The number of anilines is 1. The van der Waals surface area contributed by atoms with Crippen LogP contribution >= 0.6 is 0 Å². The minimum atomic E-state index is -3.14. The molecule has 1 aromatic rings. The predicted molar refractivity (Wildman–Crippen MR) is 62.8 cm³/mol. The van der Waals surface area contributed by atoms with Crippen LogP contribution in [-0.2, 0) is 9.84 Å². The lowest BCUT2D eigenvalue weighted by Crippen LogP contribution is -2.09. The fourth-order valence-corrected chi connectivity index (χ4v) is 1.77. The smallest absolute Gasteiger partial charge is 0.175 e. The van der Waals surface area contributed by atoms with E-state index in [1.54, 1.807) is 24.3 Å². The first-order chi connectivity index (χ1) is 7.43. The molecule has 86 valence electrons. The van der Waals surface area contributed by atoms with Gasteiger partial charge in [-0.15, -0.1) is 0 Å². The molecule has 0 radical (unpaired) electrons. The molecular weight excluding hydrogens is 224 g/mol. The van der Waals surface area contributed by atoms with Crippen LogP contribution < -0.4 is 5.32 Å². The van der Waals surface area contributed by atoms with Gasteiger partial charge in [0, 0.05) is 18.5 Å². The Hall–Kier alpha value is -1.54. The largest absolute Gasteiger partial charge is 0.384 e. The molecule has 0 aliphatic carbocycles. The van der Waals surface area contributed by atoms with Crippen molar-refractivity contribution in [3.05, 3.63) is 24.3 Å². The molecule has 0 amide bonds. The first-order valence-electron chi connectivity index (χ1n) is 4.87. The third-order valence-corrected chi connectivity index (χ3v) is 3.24. The predicted octanol–water partition coefficient (Wildman–Crippen LogP) is 1.66. The van der Waals surface area contributed by atoms with E-state index in [2.05, 4.69) is 11.4 Å². The maximum atomic E-state index is 11.2. The molecule has 1 unspecified atom stereocenters. The highest BCUT2D eigenvalue weighted by molar-refractivity contribution is 7.90. The number of benzene rings is 1. The van der Waals surface area contributed by atoms with E-state index < -0.39 is 9.84 Å².